The number of anilines is 1. The minimum atomic E-state index is -3.77. The van der Waals surface area contributed by atoms with Crippen molar-refractivity contribution in [3.05, 3.63) is 24.0 Å². The quantitative estimate of drug-likeness (QED) is 0.742. The molecule has 2 unspecified atom stereocenters. The zero-order chi connectivity index (χ0) is 11.9. The van der Waals surface area contributed by atoms with E-state index in [1.54, 1.807) is 13.0 Å². The van der Waals surface area contributed by atoms with Crippen molar-refractivity contribution in [3.8, 4) is 6.07 Å². The van der Waals surface area contributed by atoms with Crippen LogP contribution in [-0.4, -0.2) is 19.7 Å². The fourth-order valence-electron chi connectivity index (χ4n) is 1.76. The normalized spacial score (nSPS) is 26.3. The molecule has 0 bridgehead atoms. The third kappa shape index (κ3) is 1.44. The molecule has 84 valence electrons. The number of nitrogens with one attached hydrogen (secondary N) is 1. The second-order valence-corrected chi connectivity index (χ2v) is 5.71. The molecule has 1 heterocycles. The molecule has 0 fully saturated rings. The van der Waals surface area contributed by atoms with Gasteiger partial charge in [-0.05, 0) is 25.1 Å². The molecule has 1 N–H and O–H groups in total. The van der Waals surface area contributed by atoms with Crippen LogP contribution < -0.4 is 5.32 Å². The van der Waals surface area contributed by atoms with E-state index in [4.69, 9.17) is 5.26 Å². The summed E-state index contributed by atoms with van der Waals surface area (Å²) in [6.45, 7) is 1.61. The Labute approximate surface area is 92.6 Å². The number of nitrogens with zero attached hydrogens (tertiary/aromatic N) is 1. The topological polar surface area (TPSA) is 70.0 Å². The molecule has 2 atom stereocenters. The van der Waals surface area contributed by atoms with Gasteiger partial charge in [-0.25, -0.2) is 12.8 Å². The summed E-state index contributed by atoms with van der Waals surface area (Å²) in [6, 6.07) is 4.71. The van der Waals surface area contributed by atoms with Crippen molar-refractivity contribution < 1.29 is 12.8 Å². The summed E-state index contributed by atoms with van der Waals surface area (Å²) in [7, 11) is -3.77. The number of fused-ring (bicyclic) bond motifs is 1. The highest BCUT2D eigenvalue weighted by molar-refractivity contribution is 7.92. The van der Waals surface area contributed by atoms with Gasteiger partial charge in [0.2, 0.25) is 0 Å². The largest absolute Gasteiger partial charge is 0.379 e. The van der Waals surface area contributed by atoms with Gasteiger partial charge in [-0.3, -0.25) is 0 Å². The van der Waals surface area contributed by atoms with Crippen LogP contribution >= 0.6 is 0 Å². The molecular weight excluding hydrogens is 231 g/mol. The Morgan fingerprint density at radius 3 is 2.81 bits per heavy atom. The third-order valence-electron chi connectivity index (χ3n) is 2.55. The zero-order valence-electron chi connectivity index (χ0n) is 8.44. The Morgan fingerprint density at radius 2 is 2.19 bits per heavy atom. The van der Waals surface area contributed by atoms with Gasteiger partial charge >= 0.3 is 0 Å². The molecule has 0 aromatic heterocycles. The first-order valence-corrected chi connectivity index (χ1v) is 6.21. The van der Waals surface area contributed by atoms with Gasteiger partial charge in [0.1, 0.15) is 5.82 Å². The number of halogens is 1. The molecule has 16 heavy (non-hydrogen) atoms. The van der Waals surface area contributed by atoms with E-state index in [9.17, 15) is 12.8 Å². The molecule has 2 rings (SSSR count). The molecule has 0 spiro atoms. The molecule has 1 aliphatic heterocycles. The van der Waals surface area contributed by atoms with Gasteiger partial charge in [-0.15, -0.1) is 0 Å². The highest BCUT2D eigenvalue weighted by Crippen LogP contribution is 2.32. The number of rotatable bonds is 0. The highest BCUT2D eigenvalue weighted by Gasteiger charge is 2.38. The van der Waals surface area contributed by atoms with Crippen molar-refractivity contribution in [2.75, 3.05) is 5.32 Å². The van der Waals surface area contributed by atoms with E-state index in [1.165, 1.54) is 12.1 Å². The van der Waals surface area contributed by atoms with Crippen molar-refractivity contribution in [1.29, 1.82) is 5.26 Å². The van der Waals surface area contributed by atoms with E-state index in [0.29, 0.717) is 5.69 Å². The summed E-state index contributed by atoms with van der Waals surface area (Å²) in [5, 5.41) is 10.5. The summed E-state index contributed by atoms with van der Waals surface area (Å²) in [5.74, 6) is -0.629. The Balaban J connectivity index is 2.70. The Morgan fingerprint density at radius 1 is 1.50 bits per heavy atom. The van der Waals surface area contributed by atoms with Gasteiger partial charge in [-0.2, -0.15) is 5.26 Å². The van der Waals surface area contributed by atoms with Crippen LogP contribution in [0.4, 0.5) is 10.1 Å². The number of hydrogen-bond donors (Lipinski definition) is 1. The smallest absolute Gasteiger partial charge is 0.198 e. The van der Waals surface area contributed by atoms with Crippen molar-refractivity contribution >= 4 is 15.5 Å². The number of benzene rings is 1. The summed E-state index contributed by atoms with van der Waals surface area (Å²) in [5.41, 5.74) is 0.348. The van der Waals surface area contributed by atoms with Gasteiger partial charge in [0.25, 0.3) is 0 Å². The summed E-state index contributed by atoms with van der Waals surface area (Å²) >= 11 is 0. The molecule has 6 heteroatoms. The molecule has 0 amide bonds. The Hall–Kier alpha value is -1.61. The maximum absolute atomic E-state index is 13.0. The minimum Gasteiger partial charge on any atom is -0.379 e. The second-order valence-electron chi connectivity index (χ2n) is 3.67. The first-order chi connectivity index (χ1) is 7.46. The SMILES string of the molecule is CC1Nc2ccc(F)cc2S(=O)(=O)C1C#N. The minimum absolute atomic E-state index is 0.142. The summed E-state index contributed by atoms with van der Waals surface area (Å²) in [6.07, 6.45) is 0. The highest BCUT2D eigenvalue weighted by atomic mass is 32.2. The maximum Gasteiger partial charge on any atom is 0.198 e. The molecule has 0 aliphatic carbocycles. The second kappa shape index (κ2) is 3.46. The fourth-order valence-corrected chi connectivity index (χ4v) is 3.49. The summed E-state index contributed by atoms with van der Waals surface area (Å²) < 4.78 is 36.9. The van der Waals surface area contributed by atoms with Gasteiger partial charge in [0, 0.05) is 0 Å². The number of sulfone groups is 1. The van der Waals surface area contributed by atoms with Crippen molar-refractivity contribution in [3.63, 3.8) is 0 Å². The van der Waals surface area contributed by atoms with Crippen LogP contribution in [0.1, 0.15) is 6.92 Å². The summed E-state index contributed by atoms with van der Waals surface area (Å²) in [4.78, 5) is -0.142. The van der Waals surface area contributed by atoms with Crippen molar-refractivity contribution in [1.82, 2.24) is 0 Å². The van der Waals surface area contributed by atoms with Crippen LogP contribution in [0.5, 0.6) is 0 Å². The number of nitriles is 1. The maximum atomic E-state index is 13.0. The molecule has 4 nitrogen and oxygen atoms in total. The molecular formula is C10H9FN2O2S. The van der Waals surface area contributed by atoms with E-state index in [-0.39, 0.29) is 4.90 Å². The van der Waals surface area contributed by atoms with E-state index >= 15 is 0 Å². The Kier molecular flexibility index (Phi) is 2.35. The molecule has 0 saturated carbocycles. The van der Waals surface area contributed by atoms with Crippen LogP contribution in [0.25, 0.3) is 0 Å². The molecule has 0 radical (unpaired) electrons. The van der Waals surface area contributed by atoms with Gasteiger partial charge in [0.05, 0.1) is 22.7 Å². The molecule has 0 saturated heterocycles. The van der Waals surface area contributed by atoms with Crippen LogP contribution in [-0.2, 0) is 9.84 Å². The van der Waals surface area contributed by atoms with Crippen molar-refractivity contribution in [2.24, 2.45) is 0 Å². The van der Waals surface area contributed by atoms with Crippen LogP contribution in [0.15, 0.2) is 23.1 Å². The predicted octanol–water partition coefficient (Wildman–Crippen LogP) is 1.31. The van der Waals surface area contributed by atoms with E-state index in [0.717, 1.165) is 6.07 Å². The van der Waals surface area contributed by atoms with Crippen LogP contribution in [0.3, 0.4) is 0 Å². The van der Waals surface area contributed by atoms with Crippen LogP contribution in [0, 0.1) is 17.1 Å². The van der Waals surface area contributed by atoms with Gasteiger partial charge in [0.15, 0.2) is 15.1 Å². The lowest BCUT2D eigenvalue weighted by molar-refractivity contribution is 0.573. The first kappa shape index (κ1) is 10.9. The lowest BCUT2D eigenvalue weighted by Gasteiger charge is -2.27. The standard InChI is InChI=1S/C10H9FN2O2S/c1-6-10(5-12)16(14,15)9-4-7(11)2-3-8(9)13-6/h2-4,6,10,13H,1H3. The molecule has 1 aromatic rings. The van der Waals surface area contributed by atoms with E-state index in [1.807, 2.05) is 0 Å². The lowest BCUT2D eigenvalue weighted by atomic mass is 10.2. The van der Waals surface area contributed by atoms with E-state index in [2.05, 4.69) is 5.32 Å². The van der Waals surface area contributed by atoms with Crippen LogP contribution in [0.2, 0.25) is 0 Å². The predicted molar refractivity (Wildman–Crippen MR) is 56.1 cm³/mol. The average Bonchev–Trinajstić information content (AvgIpc) is 2.19. The van der Waals surface area contributed by atoms with Crippen molar-refractivity contribution in [2.45, 2.75) is 23.1 Å². The molecule has 1 aliphatic rings. The average molecular weight is 240 g/mol. The molecule has 1 aromatic carbocycles. The number of hydrogen-bond acceptors (Lipinski definition) is 4. The third-order valence-corrected chi connectivity index (χ3v) is 4.68. The zero-order valence-corrected chi connectivity index (χ0v) is 9.25. The Bertz CT molecular complexity index is 577. The first-order valence-electron chi connectivity index (χ1n) is 4.66. The van der Waals surface area contributed by atoms with Gasteiger partial charge < -0.3 is 5.32 Å². The lowest BCUT2D eigenvalue weighted by Crippen LogP contribution is -2.40. The van der Waals surface area contributed by atoms with Gasteiger partial charge in [-0.1, -0.05) is 0 Å². The van der Waals surface area contributed by atoms with E-state index < -0.39 is 26.9 Å². The monoisotopic (exact) mass is 240 g/mol. The fraction of sp³-hybridized carbons (Fsp3) is 0.300.